The molecule has 0 aliphatic carbocycles. The van der Waals surface area contributed by atoms with Crippen LogP contribution in [0.3, 0.4) is 0 Å². The topological polar surface area (TPSA) is 60.2 Å². The van der Waals surface area contributed by atoms with Crippen LogP contribution in [-0.4, -0.2) is 13.0 Å². The van der Waals surface area contributed by atoms with Gasteiger partial charge in [0.25, 0.3) is 0 Å². The Morgan fingerprint density at radius 3 is 2.48 bits per heavy atom. The number of halogens is 2. The van der Waals surface area contributed by atoms with Crippen molar-refractivity contribution in [3.8, 4) is 6.07 Å². The van der Waals surface area contributed by atoms with Crippen molar-refractivity contribution in [2.24, 2.45) is 4.99 Å². The van der Waals surface area contributed by atoms with Crippen LogP contribution in [0, 0.1) is 17.1 Å². The van der Waals surface area contributed by atoms with Gasteiger partial charge in [-0.05, 0) is 23.8 Å². The van der Waals surface area contributed by atoms with Crippen LogP contribution < -0.4 is 10.6 Å². The first-order valence-corrected chi connectivity index (χ1v) is 6.90. The highest BCUT2D eigenvalue weighted by Crippen LogP contribution is 2.09. The number of hydrogen-bond acceptors (Lipinski definition) is 2. The molecule has 6 heteroatoms. The Balaban J connectivity index is 0.00000264. The van der Waals surface area contributed by atoms with E-state index in [-0.39, 0.29) is 36.3 Å². The smallest absolute Gasteiger partial charge is 0.191 e. The molecule has 0 aromatic heterocycles. The van der Waals surface area contributed by atoms with Crippen LogP contribution in [0.15, 0.2) is 53.5 Å². The highest BCUT2D eigenvalue weighted by molar-refractivity contribution is 14.0. The number of guanidine groups is 1. The van der Waals surface area contributed by atoms with Crippen LogP contribution in [0.2, 0.25) is 0 Å². The molecule has 0 atom stereocenters. The van der Waals surface area contributed by atoms with Gasteiger partial charge in [0.1, 0.15) is 5.82 Å². The first-order chi connectivity index (χ1) is 10.7. The van der Waals surface area contributed by atoms with Gasteiger partial charge in [-0.2, -0.15) is 5.26 Å². The van der Waals surface area contributed by atoms with Gasteiger partial charge in [0.15, 0.2) is 5.96 Å². The van der Waals surface area contributed by atoms with Crippen LogP contribution in [0.5, 0.6) is 0 Å². The molecule has 0 spiro atoms. The Bertz CT molecular complexity index is 695. The van der Waals surface area contributed by atoms with Gasteiger partial charge in [0.05, 0.1) is 11.6 Å². The first-order valence-electron chi connectivity index (χ1n) is 6.90. The van der Waals surface area contributed by atoms with Gasteiger partial charge in [-0.3, -0.25) is 4.99 Å². The van der Waals surface area contributed by atoms with E-state index in [4.69, 9.17) is 5.26 Å². The van der Waals surface area contributed by atoms with Gasteiger partial charge < -0.3 is 10.6 Å². The minimum absolute atomic E-state index is 0. The summed E-state index contributed by atoms with van der Waals surface area (Å²) in [6.45, 7) is 0.886. The van der Waals surface area contributed by atoms with Crippen molar-refractivity contribution < 1.29 is 4.39 Å². The molecule has 0 radical (unpaired) electrons. The third-order valence-corrected chi connectivity index (χ3v) is 3.15. The van der Waals surface area contributed by atoms with E-state index in [2.05, 4.69) is 15.6 Å². The number of nitriles is 1. The third-order valence-electron chi connectivity index (χ3n) is 3.15. The molecule has 0 amide bonds. The molecule has 0 aliphatic heterocycles. The molecule has 0 unspecified atom stereocenters. The lowest BCUT2D eigenvalue weighted by Crippen LogP contribution is -2.36. The summed E-state index contributed by atoms with van der Waals surface area (Å²) in [6, 6.07) is 16.2. The van der Waals surface area contributed by atoms with Gasteiger partial charge in [-0.15, -0.1) is 24.0 Å². The predicted octanol–water partition coefficient (Wildman–Crippen LogP) is 3.18. The van der Waals surface area contributed by atoms with Gasteiger partial charge in [0, 0.05) is 25.7 Å². The molecule has 2 aromatic carbocycles. The molecule has 0 aliphatic rings. The fraction of sp³-hybridized carbons (Fsp3) is 0.176. The van der Waals surface area contributed by atoms with E-state index >= 15 is 0 Å². The second kappa shape index (κ2) is 9.79. The molecule has 2 aromatic rings. The third kappa shape index (κ3) is 5.87. The molecule has 2 rings (SSSR count). The molecule has 0 saturated carbocycles. The van der Waals surface area contributed by atoms with E-state index in [0.29, 0.717) is 23.6 Å². The zero-order valence-electron chi connectivity index (χ0n) is 12.7. The van der Waals surface area contributed by atoms with E-state index in [0.717, 1.165) is 5.56 Å². The van der Waals surface area contributed by atoms with Gasteiger partial charge >= 0.3 is 0 Å². The summed E-state index contributed by atoms with van der Waals surface area (Å²) in [5, 5.41) is 15.1. The Morgan fingerprint density at radius 1 is 1.13 bits per heavy atom. The molecule has 2 N–H and O–H groups in total. The molecule has 23 heavy (non-hydrogen) atoms. The van der Waals surface area contributed by atoms with E-state index in [1.807, 2.05) is 36.4 Å². The summed E-state index contributed by atoms with van der Waals surface area (Å²) in [6.07, 6.45) is 0. The first kappa shape index (κ1) is 18.9. The molecular formula is C17H18FIN4. The van der Waals surface area contributed by atoms with Crippen LogP contribution >= 0.6 is 24.0 Å². The lowest BCUT2D eigenvalue weighted by atomic mass is 10.1. The lowest BCUT2D eigenvalue weighted by Gasteiger charge is -2.12. The quantitative estimate of drug-likeness (QED) is 0.451. The summed E-state index contributed by atoms with van der Waals surface area (Å²) in [7, 11) is 1.66. The Morgan fingerprint density at radius 2 is 1.83 bits per heavy atom. The number of nitrogens with zero attached hydrogens (tertiary/aromatic N) is 2. The molecule has 120 valence electrons. The highest BCUT2D eigenvalue weighted by Gasteiger charge is 2.05. The maximum absolute atomic E-state index is 13.7. The van der Waals surface area contributed by atoms with E-state index < -0.39 is 0 Å². The minimum Gasteiger partial charge on any atom is -0.352 e. The minimum atomic E-state index is -0.343. The fourth-order valence-electron chi connectivity index (χ4n) is 1.96. The summed E-state index contributed by atoms with van der Waals surface area (Å²) in [5.41, 5.74) is 2.00. The monoisotopic (exact) mass is 424 g/mol. The number of aliphatic imine (C=N–C) groups is 1. The van der Waals surface area contributed by atoms with Crippen LogP contribution in [0.1, 0.15) is 16.7 Å². The zero-order valence-corrected chi connectivity index (χ0v) is 15.0. The van der Waals surface area contributed by atoms with Crippen molar-refractivity contribution in [3.63, 3.8) is 0 Å². The molecule has 0 heterocycles. The Hall–Kier alpha value is -2.14. The number of nitrogens with one attached hydrogen (secondary N) is 2. The molecule has 0 bridgehead atoms. The zero-order chi connectivity index (χ0) is 15.8. The normalized spacial score (nSPS) is 10.4. The van der Waals surface area contributed by atoms with Gasteiger partial charge in [-0.1, -0.05) is 30.3 Å². The predicted molar refractivity (Wildman–Crippen MR) is 100 cm³/mol. The summed E-state index contributed by atoms with van der Waals surface area (Å²) in [4.78, 5) is 4.10. The Kier molecular flexibility index (Phi) is 8.05. The number of benzene rings is 2. The van der Waals surface area contributed by atoms with E-state index in [1.54, 1.807) is 7.05 Å². The standard InChI is InChI=1S/C17H17FN4.HI/c1-20-17(21-11-13-5-3-2-4-6-13)22-12-15-9-14(10-19)7-8-16(15)18;/h2-9H,11-12H2,1H3,(H2,20,21,22);1H. The lowest BCUT2D eigenvalue weighted by molar-refractivity contribution is 0.604. The maximum atomic E-state index is 13.7. The second-order valence-corrected chi connectivity index (χ2v) is 4.68. The summed E-state index contributed by atoms with van der Waals surface area (Å²) < 4.78 is 13.7. The van der Waals surface area contributed by atoms with E-state index in [9.17, 15) is 4.39 Å². The van der Waals surface area contributed by atoms with Crippen molar-refractivity contribution in [2.75, 3.05) is 7.05 Å². The van der Waals surface area contributed by atoms with Crippen LogP contribution in [0.25, 0.3) is 0 Å². The fourth-order valence-corrected chi connectivity index (χ4v) is 1.96. The summed E-state index contributed by atoms with van der Waals surface area (Å²) in [5.74, 6) is 0.232. The SMILES string of the molecule is CN=C(NCc1ccccc1)NCc1cc(C#N)ccc1F.I. The van der Waals surface area contributed by atoms with Crippen LogP contribution in [-0.2, 0) is 13.1 Å². The average molecular weight is 424 g/mol. The van der Waals surface area contributed by atoms with Crippen molar-refractivity contribution in [2.45, 2.75) is 13.1 Å². The maximum Gasteiger partial charge on any atom is 0.191 e. The number of rotatable bonds is 4. The van der Waals surface area contributed by atoms with Crippen molar-refractivity contribution in [1.82, 2.24) is 10.6 Å². The van der Waals surface area contributed by atoms with Gasteiger partial charge in [-0.25, -0.2) is 4.39 Å². The largest absolute Gasteiger partial charge is 0.352 e. The van der Waals surface area contributed by atoms with E-state index in [1.165, 1.54) is 18.2 Å². The number of hydrogen-bond donors (Lipinski definition) is 2. The van der Waals surface area contributed by atoms with Crippen molar-refractivity contribution in [3.05, 3.63) is 71.0 Å². The second-order valence-electron chi connectivity index (χ2n) is 4.68. The average Bonchev–Trinajstić information content (AvgIpc) is 2.57. The van der Waals surface area contributed by atoms with Crippen molar-refractivity contribution in [1.29, 1.82) is 5.26 Å². The highest BCUT2D eigenvalue weighted by atomic mass is 127. The molecular weight excluding hydrogens is 406 g/mol. The summed E-state index contributed by atoms with van der Waals surface area (Å²) >= 11 is 0. The van der Waals surface area contributed by atoms with Crippen molar-refractivity contribution >= 4 is 29.9 Å². The molecule has 0 saturated heterocycles. The Labute approximate surface area is 152 Å². The van der Waals surface area contributed by atoms with Crippen LogP contribution in [0.4, 0.5) is 4.39 Å². The molecule has 0 fully saturated rings. The molecule has 4 nitrogen and oxygen atoms in total. The van der Waals surface area contributed by atoms with Gasteiger partial charge in [0.2, 0.25) is 0 Å².